The van der Waals surface area contributed by atoms with E-state index >= 15 is 0 Å². The zero-order chi connectivity index (χ0) is 5.54. The molecule has 0 aliphatic carbocycles. The Morgan fingerprint density at radius 2 is 1.30 bits per heavy atom. The van der Waals surface area contributed by atoms with Crippen LogP contribution in [0.1, 0.15) is 6.92 Å². The van der Waals surface area contributed by atoms with Gasteiger partial charge >= 0.3 is 21.1 Å². The molecule has 1 heteroatoms. The van der Waals surface area contributed by atoms with Gasteiger partial charge in [-0.25, -0.2) is 12.1 Å². The minimum atomic E-state index is 0. The second-order valence-corrected chi connectivity index (χ2v) is 0.962. The third kappa shape index (κ3) is 15.7. The summed E-state index contributed by atoms with van der Waals surface area (Å²) < 4.78 is 0. The van der Waals surface area contributed by atoms with E-state index in [0.717, 1.165) is 0 Å². The summed E-state index contributed by atoms with van der Waals surface area (Å²) >= 11 is 0. The van der Waals surface area contributed by atoms with Gasteiger partial charge < -0.3 is 21.8 Å². The molecule has 0 heterocycles. The van der Waals surface area contributed by atoms with Crippen LogP contribution in [0.3, 0.4) is 0 Å². The van der Waals surface area contributed by atoms with Gasteiger partial charge in [-0.3, -0.25) is 0 Å². The third-order valence-electron chi connectivity index (χ3n) is 0.556. The van der Waals surface area contributed by atoms with Crippen LogP contribution in [-0.4, -0.2) is 0 Å². The smallest absolute Gasteiger partial charge is 0.358 e. The van der Waals surface area contributed by atoms with Crippen LogP contribution in [0.25, 0.3) is 0 Å². The molecule has 1 rings (SSSR count). The van der Waals surface area contributed by atoms with Gasteiger partial charge in [0.1, 0.15) is 0 Å². The molecule has 1 aromatic rings. The van der Waals surface area contributed by atoms with Gasteiger partial charge in [-0.1, -0.05) is 0 Å². The maximum atomic E-state index is 3.25. The van der Waals surface area contributed by atoms with Crippen molar-refractivity contribution in [2.75, 3.05) is 0 Å². The van der Waals surface area contributed by atoms with Crippen LogP contribution in [0.5, 0.6) is 0 Å². The molecule has 0 aliphatic heterocycles. The van der Waals surface area contributed by atoms with E-state index < -0.39 is 0 Å². The van der Waals surface area contributed by atoms with Crippen molar-refractivity contribution in [3.05, 3.63) is 52.1 Å². The predicted octanol–water partition coefficient (Wildman–Crippen LogP) is 3.14. The van der Waals surface area contributed by atoms with Crippen LogP contribution in [0.4, 0.5) is 0 Å². The molecule has 0 bridgehead atoms. The van der Waals surface area contributed by atoms with E-state index in [0.29, 0.717) is 0 Å². The summed E-state index contributed by atoms with van der Waals surface area (Å²) in [6, 6.07) is 10.0. The number of rotatable bonds is 0. The molecule has 1 aromatic carbocycles. The maximum absolute atomic E-state index is 3.25. The van der Waals surface area contributed by atoms with Crippen molar-refractivity contribution < 1.29 is 21.1 Å². The molecule has 0 radical (unpaired) electrons. The zero-order valence-electron chi connectivity index (χ0n) is 6.91. The fraction of sp³-hybridized carbons (Fsp3) is 0.111. The molecule has 0 unspecified atom stereocenters. The molecule has 0 aromatic heterocycles. The summed E-state index contributed by atoms with van der Waals surface area (Å²) in [7, 11) is 0. The Morgan fingerprint density at radius 3 is 1.40 bits per heavy atom. The Bertz CT molecular complexity index is 61.2. The molecule has 0 saturated heterocycles. The molecule has 0 atom stereocenters. The summed E-state index contributed by atoms with van der Waals surface area (Å²) in [4.78, 5) is 0. The van der Waals surface area contributed by atoms with E-state index in [9.17, 15) is 0 Å². The first-order chi connectivity index (χ1) is 3.50. The molecule has 0 aliphatic rings. The van der Waals surface area contributed by atoms with Crippen molar-refractivity contribution in [2.45, 2.75) is 6.92 Å². The van der Waals surface area contributed by atoms with Crippen LogP contribution < -0.4 is 0 Å². The predicted molar refractivity (Wildman–Crippen MR) is 45.9 cm³/mol. The quantitative estimate of drug-likeness (QED) is 0.645. The van der Waals surface area contributed by atoms with Crippen LogP contribution in [0, 0.1) is 21.8 Å². The summed E-state index contributed by atoms with van der Waals surface area (Å²) in [5.41, 5.74) is 0. The number of hydrogen-bond acceptors (Lipinski definition) is 0. The third-order valence-corrected chi connectivity index (χ3v) is 0.556. The average molecular weight is 319 g/mol. The molecule has 0 saturated carbocycles. The Balaban J connectivity index is -0.0000000337. The molecule has 62 valence electrons. The Hall–Kier alpha value is 0.0383. The van der Waals surface area contributed by atoms with Gasteiger partial charge in [-0.15, -0.1) is 0 Å². The van der Waals surface area contributed by atoms with Crippen molar-refractivity contribution in [3.8, 4) is 0 Å². The zero-order valence-corrected chi connectivity index (χ0v) is 9.18. The molecule has 0 fully saturated rings. The summed E-state index contributed by atoms with van der Waals surface area (Å²) in [6.07, 6.45) is 0. The second-order valence-electron chi connectivity index (χ2n) is 0.962. The van der Waals surface area contributed by atoms with E-state index in [1.54, 1.807) is 6.92 Å². The van der Waals surface area contributed by atoms with Crippen molar-refractivity contribution >= 4 is 0 Å². The topological polar surface area (TPSA) is 0 Å². The summed E-state index contributed by atoms with van der Waals surface area (Å²) in [6.45, 7) is 5.00. The molecule has 0 amide bonds. The van der Waals surface area contributed by atoms with E-state index in [1.807, 2.05) is 30.3 Å². The van der Waals surface area contributed by atoms with Crippen LogP contribution >= 0.6 is 0 Å². The minimum absolute atomic E-state index is 0. The van der Waals surface area contributed by atoms with Gasteiger partial charge in [0.2, 0.25) is 0 Å². The normalized spacial score (nSPS) is 4.60. The van der Waals surface area contributed by atoms with Crippen molar-refractivity contribution in [3.63, 3.8) is 0 Å². The Morgan fingerprint density at radius 1 is 1.00 bits per heavy atom. The Kier molecular flexibility index (Phi) is 51.7. The van der Waals surface area contributed by atoms with Crippen molar-refractivity contribution in [2.24, 2.45) is 0 Å². The Labute approximate surface area is 80.3 Å². The van der Waals surface area contributed by atoms with Crippen LogP contribution in [-0.2, 0) is 21.1 Å². The molecule has 0 nitrogen and oxygen atoms in total. The summed E-state index contributed by atoms with van der Waals surface area (Å²) in [5.74, 6) is 0. The molecular formula is C9H16Pt. The second kappa shape index (κ2) is 23.0. The van der Waals surface area contributed by atoms with Gasteiger partial charge in [-0.05, 0) is 0 Å². The largest absolute Gasteiger partial charge is 4.00 e. The van der Waals surface area contributed by atoms with E-state index in [-0.39, 0.29) is 35.9 Å². The fourth-order valence-electron chi connectivity index (χ4n) is 0.321. The molecule has 0 N–H and O–H groups in total. The molecule has 0 spiro atoms. The summed E-state index contributed by atoms with van der Waals surface area (Å²) in [5, 5.41) is 0. The SMILES string of the molecule is [CH2-]C.[CH3-].[CH3-].[Pt+4].c1cc[cH-]c1. The van der Waals surface area contributed by atoms with Gasteiger partial charge in [0.25, 0.3) is 0 Å². The van der Waals surface area contributed by atoms with E-state index in [1.165, 1.54) is 0 Å². The first kappa shape index (κ1) is 22.5. The van der Waals surface area contributed by atoms with Crippen LogP contribution in [0.15, 0.2) is 30.3 Å². The van der Waals surface area contributed by atoms with E-state index in [4.69, 9.17) is 0 Å². The van der Waals surface area contributed by atoms with Crippen molar-refractivity contribution in [1.29, 1.82) is 0 Å². The van der Waals surface area contributed by atoms with E-state index in [2.05, 4.69) is 6.92 Å². The van der Waals surface area contributed by atoms with Gasteiger partial charge in [0.15, 0.2) is 0 Å². The monoisotopic (exact) mass is 319 g/mol. The standard InChI is InChI=1S/C5H5.C2H5.2CH3.Pt/c1-2-4-5-3-1;1-2;;;/h1-5H;1H2,2H3;2*1H3;/q4*-1;+4. The first-order valence-corrected chi connectivity index (χ1v) is 2.37. The molecular weight excluding hydrogens is 303 g/mol. The fourth-order valence-corrected chi connectivity index (χ4v) is 0.321. The first-order valence-electron chi connectivity index (χ1n) is 2.37. The average Bonchev–Trinajstić information content (AvgIpc) is 2.23. The molecule has 10 heavy (non-hydrogen) atoms. The van der Waals surface area contributed by atoms with Gasteiger partial charge in [-0.2, -0.15) is 25.1 Å². The van der Waals surface area contributed by atoms with Crippen LogP contribution in [0.2, 0.25) is 0 Å². The maximum Gasteiger partial charge on any atom is 4.00 e. The van der Waals surface area contributed by atoms with Gasteiger partial charge in [0.05, 0.1) is 0 Å². The van der Waals surface area contributed by atoms with Gasteiger partial charge in [0, 0.05) is 0 Å². The number of hydrogen-bond donors (Lipinski definition) is 0. The minimum Gasteiger partial charge on any atom is -0.358 e. The van der Waals surface area contributed by atoms with Crippen molar-refractivity contribution in [1.82, 2.24) is 0 Å².